The molecular formula is C7H9NO2. The van der Waals surface area contributed by atoms with E-state index in [0.717, 1.165) is 12.8 Å². The van der Waals surface area contributed by atoms with Gasteiger partial charge in [0.05, 0.1) is 0 Å². The molecular weight excluding hydrogens is 130 g/mol. The third-order valence-corrected chi connectivity index (χ3v) is 2.31. The zero-order chi connectivity index (χ0) is 7.19. The Morgan fingerprint density at radius 1 is 1.10 bits per heavy atom. The van der Waals surface area contributed by atoms with Crippen LogP contribution < -0.4 is 5.32 Å². The van der Waals surface area contributed by atoms with E-state index in [1.807, 2.05) is 0 Å². The highest BCUT2D eigenvalue weighted by Gasteiger charge is 2.48. The normalized spacial score (nSPS) is 28.4. The number of rotatable bonds is 0. The minimum absolute atomic E-state index is 0.0891. The fourth-order valence-electron chi connectivity index (χ4n) is 1.52. The summed E-state index contributed by atoms with van der Waals surface area (Å²) in [4.78, 5) is 21.6. The SMILES string of the molecule is O=C1CC2(CC2)CC(=O)N1. The molecule has 1 spiro atoms. The van der Waals surface area contributed by atoms with Gasteiger partial charge in [-0.3, -0.25) is 14.9 Å². The minimum atomic E-state index is -0.0891. The predicted octanol–water partition coefficient (Wildman–Crippen LogP) is 0.203. The van der Waals surface area contributed by atoms with Crippen molar-refractivity contribution < 1.29 is 9.59 Å². The lowest BCUT2D eigenvalue weighted by atomic mass is 9.94. The number of carbonyl (C=O) groups excluding carboxylic acids is 2. The van der Waals surface area contributed by atoms with E-state index < -0.39 is 0 Å². The van der Waals surface area contributed by atoms with Gasteiger partial charge < -0.3 is 0 Å². The van der Waals surface area contributed by atoms with E-state index in [-0.39, 0.29) is 17.2 Å². The Hall–Kier alpha value is -0.860. The largest absolute Gasteiger partial charge is 0.296 e. The second-order valence-electron chi connectivity index (χ2n) is 3.32. The molecule has 0 atom stereocenters. The van der Waals surface area contributed by atoms with Gasteiger partial charge in [-0.05, 0) is 18.3 Å². The molecule has 54 valence electrons. The molecule has 0 unspecified atom stereocenters. The van der Waals surface area contributed by atoms with Crippen molar-refractivity contribution in [2.24, 2.45) is 5.41 Å². The van der Waals surface area contributed by atoms with Crippen LogP contribution in [0.1, 0.15) is 25.7 Å². The Morgan fingerprint density at radius 3 is 2.00 bits per heavy atom. The third kappa shape index (κ3) is 0.818. The standard InChI is InChI=1S/C7H9NO2/c9-5-3-7(1-2-7)4-6(10)8-5/h1-4H2,(H,8,9,10). The van der Waals surface area contributed by atoms with Gasteiger partial charge >= 0.3 is 0 Å². The van der Waals surface area contributed by atoms with Crippen molar-refractivity contribution in [2.75, 3.05) is 0 Å². The molecule has 1 heterocycles. The Bertz CT molecular complexity index is 188. The molecule has 0 aromatic carbocycles. The molecule has 2 rings (SSSR count). The number of amides is 2. The molecule has 1 aliphatic heterocycles. The highest BCUT2D eigenvalue weighted by atomic mass is 16.2. The molecule has 3 nitrogen and oxygen atoms in total. The van der Waals surface area contributed by atoms with Gasteiger partial charge in [0.15, 0.2) is 0 Å². The second-order valence-corrected chi connectivity index (χ2v) is 3.32. The van der Waals surface area contributed by atoms with Crippen molar-refractivity contribution in [3.05, 3.63) is 0 Å². The van der Waals surface area contributed by atoms with Crippen LogP contribution in [0.4, 0.5) is 0 Å². The summed E-state index contributed by atoms with van der Waals surface area (Å²) in [5, 5.41) is 2.30. The molecule has 2 fully saturated rings. The first kappa shape index (κ1) is 5.89. The van der Waals surface area contributed by atoms with E-state index >= 15 is 0 Å². The Kier molecular flexibility index (Phi) is 0.938. The summed E-state index contributed by atoms with van der Waals surface area (Å²) in [5.41, 5.74) is 0.111. The minimum Gasteiger partial charge on any atom is -0.296 e. The molecule has 1 saturated heterocycles. The van der Waals surface area contributed by atoms with Crippen molar-refractivity contribution in [2.45, 2.75) is 25.7 Å². The van der Waals surface area contributed by atoms with Gasteiger partial charge in [-0.1, -0.05) is 0 Å². The molecule has 1 N–H and O–H groups in total. The molecule has 3 heteroatoms. The first-order valence-electron chi connectivity index (χ1n) is 3.53. The first-order valence-corrected chi connectivity index (χ1v) is 3.53. The van der Waals surface area contributed by atoms with E-state index in [0.29, 0.717) is 12.8 Å². The molecule has 10 heavy (non-hydrogen) atoms. The van der Waals surface area contributed by atoms with Crippen LogP contribution in [0.2, 0.25) is 0 Å². The van der Waals surface area contributed by atoms with Gasteiger partial charge in [-0.15, -0.1) is 0 Å². The van der Waals surface area contributed by atoms with Crippen molar-refractivity contribution in [3.8, 4) is 0 Å². The number of piperidine rings is 1. The lowest BCUT2D eigenvalue weighted by Gasteiger charge is -2.18. The van der Waals surface area contributed by atoms with Gasteiger partial charge in [0, 0.05) is 12.8 Å². The summed E-state index contributed by atoms with van der Waals surface area (Å²) < 4.78 is 0. The first-order chi connectivity index (χ1) is 4.70. The Balaban J connectivity index is 2.14. The van der Waals surface area contributed by atoms with E-state index in [1.54, 1.807) is 0 Å². The summed E-state index contributed by atoms with van der Waals surface area (Å²) in [6, 6.07) is 0. The van der Waals surface area contributed by atoms with Crippen molar-refractivity contribution in [1.82, 2.24) is 5.32 Å². The van der Waals surface area contributed by atoms with Crippen LogP contribution in [0.15, 0.2) is 0 Å². The van der Waals surface area contributed by atoms with E-state index in [9.17, 15) is 9.59 Å². The summed E-state index contributed by atoms with van der Waals surface area (Å²) in [5.74, 6) is -0.178. The number of hydrogen-bond donors (Lipinski definition) is 1. The monoisotopic (exact) mass is 139 g/mol. The zero-order valence-electron chi connectivity index (χ0n) is 5.64. The maximum absolute atomic E-state index is 10.8. The maximum Gasteiger partial charge on any atom is 0.227 e. The van der Waals surface area contributed by atoms with Crippen LogP contribution in [-0.4, -0.2) is 11.8 Å². The van der Waals surface area contributed by atoms with Crippen LogP contribution >= 0.6 is 0 Å². The van der Waals surface area contributed by atoms with Gasteiger partial charge in [-0.25, -0.2) is 0 Å². The number of nitrogens with one attached hydrogen (secondary N) is 1. The fourth-order valence-corrected chi connectivity index (χ4v) is 1.52. The lowest BCUT2D eigenvalue weighted by Crippen LogP contribution is -2.39. The number of hydrogen-bond acceptors (Lipinski definition) is 2. The molecule has 2 aliphatic rings. The smallest absolute Gasteiger partial charge is 0.227 e. The topological polar surface area (TPSA) is 46.2 Å². The van der Waals surface area contributed by atoms with Crippen molar-refractivity contribution in [1.29, 1.82) is 0 Å². The molecule has 0 aromatic heterocycles. The van der Waals surface area contributed by atoms with E-state index in [4.69, 9.17) is 0 Å². The highest BCUT2D eigenvalue weighted by molar-refractivity contribution is 5.98. The molecule has 0 aromatic rings. The predicted molar refractivity (Wildman–Crippen MR) is 34.1 cm³/mol. The lowest BCUT2D eigenvalue weighted by molar-refractivity contribution is -0.135. The highest BCUT2D eigenvalue weighted by Crippen LogP contribution is 2.52. The molecule has 2 amide bonds. The average Bonchev–Trinajstić information content (AvgIpc) is 2.44. The molecule has 0 bridgehead atoms. The van der Waals surface area contributed by atoms with Crippen molar-refractivity contribution in [3.63, 3.8) is 0 Å². The average molecular weight is 139 g/mol. The summed E-state index contributed by atoms with van der Waals surface area (Å²) in [6.45, 7) is 0. The summed E-state index contributed by atoms with van der Waals surface area (Å²) >= 11 is 0. The number of carbonyl (C=O) groups is 2. The fraction of sp³-hybridized carbons (Fsp3) is 0.714. The summed E-state index contributed by atoms with van der Waals surface area (Å²) in [7, 11) is 0. The van der Waals surface area contributed by atoms with Crippen LogP contribution in [0.25, 0.3) is 0 Å². The quantitative estimate of drug-likeness (QED) is 0.487. The van der Waals surface area contributed by atoms with Crippen LogP contribution in [0.5, 0.6) is 0 Å². The van der Waals surface area contributed by atoms with Crippen LogP contribution in [0, 0.1) is 5.41 Å². The zero-order valence-corrected chi connectivity index (χ0v) is 5.64. The Morgan fingerprint density at radius 2 is 1.60 bits per heavy atom. The van der Waals surface area contributed by atoms with E-state index in [1.165, 1.54) is 0 Å². The third-order valence-electron chi connectivity index (χ3n) is 2.31. The van der Waals surface area contributed by atoms with Crippen LogP contribution in [0.3, 0.4) is 0 Å². The molecule has 1 saturated carbocycles. The second kappa shape index (κ2) is 1.59. The molecule has 0 radical (unpaired) electrons. The van der Waals surface area contributed by atoms with Gasteiger partial charge in [0.25, 0.3) is 0 Å². The van der Waals surface area contributed by atoms with Crippen molar-refractivity contribution >= 4 is 11.8 Å². The Labute approximate surface area is 58.8 Å². The summed E-state index contributed by atoms with van der Waals surface area (Å²) in [6.07, 6.45) is 3.26. The number of imide groups is 1. The van der Waals surface area contributed by atoms with Gasteiger partial charge in [0.2, 0.25) is 11.8 Å². The van der Waals surface area contributed by atoms with Gasteiger partial charge in [-0.2, -0.15) is 0 Å². The maximum atomic E-state index is 10.8. The van der Waals surface area contributed by atoms with Crippen LogP contribution in [-0.2, 0) is 9.59 Å². The van der Waals surface area contributed by atoms with Gasteiger partial charge in [0.1, 0.15) is 0 Å². The molecule has 1 aliphatic carbocycles. The van der Waals surface area contributed by atoms with E-state index in [2.05, 4.69) is 5.32 Å².